The second-order valence-corrected chi connectivity index (χ2v) is 5.45. The van der Waals surface area contributed by atoms with Crippen molar-refractivity contribution in [2.24, 2.45) is 0 Å². The fourth-order valence-electron chi connectivity index (χ4n) is 1.12. The average molecular weight is 250 g/mol. The number of urea groups is 1. The number of nitrogens with zero attached hydrogens (tertiary/aromatic N) is 1. The quantitative estimate of drug-likeness (QED) is 0.489. The fraction of sp³-hybridized carbons (Fsp3) is 0.714. The predicted octanol–water partition coefficient (Wildman–Crippen LogP) is -2.02. The molecule has 1 rings (SSSR count). The van der Waals surface area contributed by atoms with Crippen molar-refractivity contribution in [3.63, 3.8) is 0 Å². The van der Waals surface area contributed by atoms with Gasteiger partial charge in [-0.05, 0) is 6.42 Å². The van der Waals surface area contributed by atoms with E-state index < -0.39 is 28.2 Å². The Bertz CT molecular complexity index is 391. The Hall–Kier alpha value is -1.19. The lowest BCUT2D eigenvalue weighted by atomic mass is 10.2. The molecule has 1 heterocycles. The third kappa shape index (κ3) is 3.15. The first-order valence-electron chi connectivity index (χ1n) is 4.61. The van der Waals surface area contributed by atoms with Crippen LogP contribution in [0.25, 0.3) is 0 Å². The summed E-state index contributed by atoms with van der Waals surface area (Å²) in [6, 6.07) is -1.22. The minimum Gasteiger partial charge on any atom is -0.326 e. The van der Waals surface area contributed by atoms with Crippen LogP contribution in [0.5, 0.6) is 0 Å². The zero-order valence-corrected chi connectivity index (χ0v) is 9.80. The summed E-state index contributed by atoms with van der Waals surface area (Å²) in [6.07, 6.45) is 0.213. The van der Waals surface area contributed by atoms with Gasteiger partial charge in [0.2, 0.25) is 0 Å². The van der Waals surface area contributed by atoms with E-state index in [0.717, 1.165) is 4.31 Å². The van der Waals surface area contributed by atoms with Gasteiger partial charge in [-0.15, -0.1) is 0 Å². The van der Waals surface area contributed by atoms with Crippen LogP contribution >= 0.6 is 0 Å². The first-order chi connectivity index (χ1) is 7.33. The molecule has 1 aliphatic heterocycles. The van der Waals surface area contributed by atoms with Crippen molar-refractivity contribution < 1.29 is 18.0 Å². The van der Waals surface area contributed by atoms with Crippen LogP contribution in [0, 0.1) is 0 Å². The van der Waals surface area contributed by atoms with Crippen LogP contribution in [0.3, 0.4) is 0 Å². The molecular formula is C7H14N4O4S. The van der Waals surface area contributed by atoms with Crippen molar-refractivity contribution in [2.75, 3.05) is 20.6 Å². The van der Waals surface area contributed by atoms with E-state index in [1.807, 2.05) is 0 Å². The van der Waals surface area contributed by atoms with E-state index in [9.17, 15) is 18.0 Å². The van der Waals surface area contributed by atoms with Gasteiger partial charge in [0.1, 0.15) is 6.04 Å². The van der Waals surface area contributed by atoms with Crippen LogP contribution in [0.15, 0.2) is 0 Å². The molecule has 0 spiro atoms. The number of hydrogen-bond acceptors (Lipinski definition) is 4. The molecule has 0 radical (unpaired) electrons. The molecule has 1 fully saturated rings. The zero-order valence-electron chi connectivity index (χ0n) is 8.98. The number of rotatable bonds is 5. The minimum absolute atomic E-state index is 0.0822. The monoisotopic (exact) mass is 250 g/mol. The van der Waals surface area contributed by atoms with Crippen molar-refractivity contribution in [3.8, 4) is 0 Å². The number of amides is 3. The van der Waals surface area contributed by atoms with Crippen molar-refractivity contribution in [3.05, 3.63) is 0 Å². The molecular weight excluding hydrogens is 236 g/mol. The number of hydrogen-bond donors (Lipinski definition) is 3. The molecule has 3 N–H and O–H groups in total. The number of carbonyl (C=O) groups excluding carboxylic acids is 2. The van der Waals surface area contributed by atoms with E-state index in [1.54, 1.807) is 0 Å². The van der Waals surface area contributed by atoms with Gasteiger partial charge in [0.15, 0.2) is 0 Å². The molecule has 3 amide bonds. The molecule has 16 heavy (non-hydrogen) atoms. The summed E-state index contributed by atoms with van der Waals surface area (Å²) in [4.78, 5) is 21.8. The van der Waals surface area contributed by atoms with E-state index in [0.29, 0.717) is 0 Å². The molecule has 1 unspecified atom stereocenters. The second-order valence-electron chi connectivity index (χ2n) is 3.49. The lowest BCUT2D eigenvalue weighted by Crippen LogP contribution is -2.39. The summed E-state index contributed by atoms with van der Waals surface area (Å²) in [5.74, 6) is -0.436. The number of nitrogens with one attached hydrogen (secondary N) is 3. The Morgan fingerprint density at radius 3 is 2.44 bits per heavy atom. The van der Waals surface area contributed by atoms with Crippen LogP contribution in [-0.4, -0.2) is 51.3 Å². The molecule has 0 aromatic heterocycles. The topological polar surface area (TPSA) is 108 Å². The van der Waals surface area contributed by atoms with Gasteiger partial charge in [-0.2, -0.15) is 12.7 Å². The first kappa shape index (κ1) is 12.9. The van der Waals surface area contributed by atoms with Gasteiger partial charge in [0.05, 0.1) is 0 Å². The van der Waals surface area contributed by atoms with E-state index in [2.05, 4.69) is 15.4 Å². The molecule has 1 atom stereocenters. The van der Waals surface area contributed by atoms with Crippen LogP contribution in [-0.2, 0) is 15.0 Å². The highest BCUT2D eigenvalue weighted by Gasteiger charge is 2.29. The normalized spacial score (nSPS) is 21.1. The van der Waals surface area contributed by atoms with Crippen molar-refractivity contribution >= 4 is 22.1 Å². The predicted molar refractivity (Wildman–Crippen MR) is 55.7 cm³/mol. The highest BCUT2D eigenvalue weighted by atomic mass is 32.2. The molecule has 0 bridgehead atoms. The van der Waals surface area contributed by atoms with E-state index in [-0.39, 0.29) is 13.0 Å². The minimum atomic E-state index is -3.48. The zero-order chi connectivity index (χ0) is 12.3. The molecule has 0 aliphatic carbocycles. The van der Waals surface area contributed by atoms with Crippen LogP contribution < -0.4 is 15.4 Å². The highest BCUT2D eigenvalue weighted by Crippen LogP contribution is 1.98. The summed E-state index contributed by atoms with van der Waals surface area (Å²) in [6.45, 7) is 0.0822. The number of imide groups is 1. The average Bonchev–Trinajstić information content (AvgIpc) is 2.44. The summed E-state index contributed by atoms with van der Waals surface area (Å²) < 4.78 is 25.9. The van der Waals surface area contributed by atoms with Crippen LogP contribution in [0.2, 0.25) is 0 Å². The van der Waals surface area contributed by atoms with Gasteiger partial charge in [0.25, 0.3) is 16.1 Å². The smallest absolute Gasteiger partial charge is 0.322 e. The van der Waals surface area contributed by atoms with E-state index in [4.69, 9.17) is 0 Å². The van der Waals surface area contributed by atoms with Crippen molar-refractivity contribution in [1.82, 2.24) is 19.7 Å². The standard InChI is InChI=1S/C7H14N4O4S/c1-11(2)16(14,15)8-4-3-5-6(12)10-7(13)9-5/h5,8H,3-4H2,1-2H3,(H2,9,10,12,13). The maximum Gasteiger partial charge on any atom is 0.322 e. The fourth-order valence-corrected chi connectivity index (χ4v) is 1.76. The molecule has 8 nitrogen and oxygen atoms in total. The maximum absolute atomic E-state index is 11.3. The van der Waals surface area contributed by atoms with E-state index >= 15 is 0 Å². The molecule has 0 saturated carbocycles. The number of carbonyl (C=O) groups is 2. The SMILES string of the molecule is CN(C)S(=O)(=O)NCCC1NC(=O)NC1=O. The lowest BCUT2D eigenvalue weighted by Gasteiger charge is -2.13. The summed E-state index contributed by atoms with van der Waals surface area (Å²) >= 11 is 0. The molecule has 92 valence electrons. The van der Waals surface area contributed by atoms with Crippen LogP contribution in [0.4, 0.5) is 4.79 Å². The third-order valence-corrected chi connectivity index (χ3v) is 3.59. The van der Waals surface area contributed by atoms with Gasteiger partial charge in [-0.25, -0.2) is 9.52 Å². The molecule has 9 heteroatoms. The Morgan fingerprint density at radius 2 is 2.00 bits per heavy atom. The van der Waals surface area contributed by atoms with Crippen molar-refractivity contribution in [2.45, 2.75) is 12.5 Å². The maximum atomic E-state index is 11.3. The Kier molecular flexibility index (Phi) is 3.83. The molecule has 1 saturated heterocycles. The highest BCUT2D eigenvalue weighted by molar-refractivity contribution is 7.87. The largest absolute Gasteiger partial charge is 0.326 e. The lowest BCUT2D eigenvalue weighted by molar-refractivity contribution is -0.120. The molecule has 1 aliphatic rings. The van der Waals surface area contributed by atoms with Gasteiger partial charge in [0, 0.05) is 20.6 Å². The molecule has 0 aromatic rings. The van der Waals surface area contributed by atoms with Crippen molar-refractivity contribution in [1.29, 1.82) is 0 Å². The Labute approximate surface area is 93.6 Å². The third-order valence-electron chi connectivity index (χ3n) is 2.06. The molecule has 0 aromatic carbocycles. The van der Waals surface area contributed by atoms with Gasteiger partial charge in [-0.3, -0.25) is 10.1 Å². The first-order valence-corrected chi connectivity index (χ1v) is 6.05. The Balaban J connectivity index is 2.37. The van der Waals surface area contributed by atoms with Gasteiger partial charge in [-0.1, -0.05) is 0 Å². The summed E-state index contributed by atoms with van der Waals surface area (Å²) in [7, 11) is -0.692. The van der Waals surface area contributed by atoms with E-state index in [1.165, 1.54) is 14.1 Å². The van der Waals surface area contributed by atoms with Gasteiger partial charge < -0.3 is 5.32 Å². The van der Waals surface area contributed by atoms with Crippen LogP contribution in [0.1, 0.15) is 6.42 Å². The summed E-state index contributed by atoms with van der Waals surface area (Å²) in [5.41, 5.74) is 0. The summed E-state index contributed by atoms with van der Waals surface area (Å²) in [5, 5.41) is 4.43. The second kappa shape index (κ2) is 4.76. The Morgan fingerprint density at radius 1 is 1.38 bits per heavy atom. The van der Waals surface area contributed by atoms with Gasteiger partial charge >= 0.3 is 6.03 Å².